The topological polar surface area (TPSA) is 3.24 Å². The maximum Gasteiger partial charge on any atom is 0.138 e. The lowest BCUT2D eigenvalue weighted by atomic mass is 10.2. The summed E-state index contributed by atoms with van der Waals surface area (Å²) < 4.78 is 2.76. The zero-order chi connectivity index (χ0) is 12.6. The van der Waals surface area contributed by atoms with E-state index in [1.807, 2.05) is 0 Å². The van der Waals surface area contributed by atoms with Crippen LogP contribution in [0.15, 0.2) is 24.3 Å². The first kappa shape index (κ1) is 13.5. The van der Waals surface area contributed by atoms with E-state index in [-0.39, 0.29) is 0 Å². The Morgan fingerprint density at radius 3 is 1.75 bits per heavy atom. The zero-order valence-electron chi connectivity index (χ0n) is 11.8. The molecule has 0 saturated heterocycles. The number of hydrogen-bond acceptors (Lipinski definition) is 1. The molecule has 0 radical (unpaired) electrons. The van der Waals surface area contributed by atoms with Crippen molar-refractivity contribution in [3.05, 3.63) is 29.8 Å². The van der Waals surface area contributed by atoms with Crippen molar-refractivity contribution < 1.29 is 0 Å². The van der Waals surface area contributed by atoms with Gasteiger partial charge in [-0.15, -0.1) is 0 Å². The molecule has 0 unspecified atom stereocenters. The van der Waals surface area contributed by atoms with E-state index < -0.39 is 16.5 Å². The standard InChI is InChI=1S/C13H25NSi2/c1-12-9-8-10-13(11-12)14(15(2,3)4)16(5,6)7/h8-11H,1-7H3. The summed E-state index contributed by atoms with van der Waals surface area (Å²) in [6.45, 7) is 16.8. The second-order valence-corrected chi connectivity index (χ2v) is 16.5. The van der Waals surface area contributed by atoms with Crippen molar-refractivity contribution in [2.24, 2.45) is 0 Å². The molecule has 16 heavy (non-hydrogen) atoms. The van der Waals surface area contributed by atoms with Crippen molar-refractivity contribution in [3.8, 4) is 0 Å². The molecule has 1 aromatic carbocycles. The minimum absolute atomic E-state index is 1.29. The number of aryl methyl sites for hydroxylation is 1. The molecule has 0 bridgehead atoms. The van der Waals surface area contributed by atoms with Gasteiger partial charge in [0.2, 0.25) is 0 Å². The Hall–Kier alpha value is -0.546. The first-order valence-electron chi connectivity index (χ1n) is 5.99. The van der Waals surface area contributed by atoms with E-state index in [4.69, 9.17) is 0 Å². The van der Waals surface area contributed by atoms with Crippen LogP contribution < -0.4 is 4.23 Å². The van der Waals surface area contributed by atoms with Gasteiger partial charge < -0.3 is 4.23 Å². The molecule has 0 fully saturated rings. The van der Waals surface area contributed by atoms with Gasteiger partial charge in [-0.1, -0.05) is 51.4 Å². The van der Waals surface area contributed by atoms with E-state index in [1.54, 1.807) is 0 Å². The Labute approximate surface area is 103 Å². The van der Waals surface area contributed by atoms with E-state index in [0.717, 1.165) is 0 Å². The van der Waals surface area contributed by atoms with E-state index in [9.17, 15) is 0 Å². The summed E-state index contributed by atoms with van der Waals surface area (Å²) in [6, 6.07) is 8.95. The molecular weight excluding hydrogens is 226 g/mol. The number of anilines is 1. The van der Waals surface area contributed by atoms with Gasteiger partial charge in [0.25, 0.3) is 0 Å². The highest BCUT2D eigenvalue weighted by atomic mass is 28.4. The second-order valence-electron chi connectivity index (χ2n) is 6.52. The van der Waals surface area contributed by atoms with Crippen LogP contribution in [-0.2, 0) is 0 Å². The monoisotopic (exact) mass is 251 g/mol. The molecule has 3 heteroatoms. The van der Waals surface area contributed by atoms with Gasteiger partial charge >= 0.3 is 0 Å². The van der Waals surface area contributed by atoms with E-state index >= 15 is 0 Å². The van der Waals surface area contributed by atoms with Gasteiger partial charge in [0, 0.05) is 5.69 Å². The van der Waals surface area contributed by atoms with Crippen LogP contribution in [0.4, 0.5) is 5.69 Å². The van der Waals surface area contributed by atoms with Gasteiger partial charge in [0.1, 0.15) is 16.5 Å². The van der Waals surface area contributed by atoms with E-state index in [0.29, 0.717) is 0 Å². The van der Waals surface area contributed by atoms with Crippen LogP contribution in [-0.4, -0.2) is 16.5 Å². The summed E-state index contributed by atoms with van der Waals surface area (Å²) >= 11 is 0. The molecule has 0 N–H and O–H groups in total. The highest BCUT2D eigenvalue weighted by Crippen LogP contribution is 2.28. The summed E-state index contributed by atoms with van der Waals surface area (Å²) in [7, 11) is -2.58. The van der Waals surface area contributed by atoms with E-state index in [1.165, 1.54) is 11.3 Å². The fourth-order valence-electron chi connectivity index (χ4n) is 2.55. The Morgan fingerprint density at radius 1 is 0.875 bits per heavy atom. The number of hydrogen-bond donors (Lipinski definition) is 0. The summed E-state index contributed by atoms with van der Waals surface area (Å²) in [5, 5.41) is 0. The summed E-state index contributed by atoms with van der Waals surface area (Å²) in [5.74, 6) is 0. The minimum Gasteiger partial charge on any atom is -0.425 e. The van der Waals surface area contributed by atoms with Crippen LogP contribution in [0.1, 0.15) is 5.56 Å². The van der Waals surface area contributed by atoms with Gasteiger partial charge in [0.15, 0.2) is 0 Å². The van der Waals surface area contributed by atoms with Crippen molar-refractivity contribution in [3.63, 3.8) is 0 Å². The largest absolute Gasteiger partial charge is 0.425 e. The molecule has 0 atom stereocenters. The van der Waals surface area contributed by atoms with Crippen molar-refractivity contribution >= 4 is 22.2 Å². The molecular formula is C13H25NSi2. The molecule has 1 aromatic rings. The lowest BCUT2D eigenvalue weighted by Crippen LogP contribution is -2.59. The highest BCUT2D eigenvalue weighted by Gasteiger charge is 2.34. The maximum absolute atomic E-state index is 2.76. The maximum atomic E-state index is 2.76. The summed E-state index contributed by atoms with van der Waals surface area (Å²) in [5.41, 5.74) is 2.79. The molecule has 0 heterocycles. The SMILES string of the molecule is Cc1cccc(N([Si](C)(C)C)[Si](C)(C)C)c1. The Bertz CT molecular complexity index is 347. The third-order valence-electron chi connectivity index (χ3n) is 2.60. The predicted molar refractivity (Wildman–Crippen MR) is 80.4 cm³/mol. The normalized spacial score (nSPS) is 12.7. The first-order valence-corrected chi connectivity index (χ1v) is 12.9. The molecule has 0 saturated carbocycles. The van der Waals surface area contributed by atoms with Crippen molar-refractivity contribution in [2.75, 3.05) is 4.23 Å². The first-order chi connectivity index (χ1) is 7.12. The van der Waals surface area contributed by atoms with Crippen LogP contribution in [0, 0.1) is 6.92 Å². The number of nitrogens with zero attached hydrogens (tertiary/aromatic N) is 1. The average Bonchev–Trinajstić information content (AvgIpc) is 1.97. The number of rotatable bonds is 3. The molecule has 1 nitrogen and oxygen atoms in total. The van der Waals surface area contributed by atoms with Crippen molar-refractivity contribution in [1.29, 1.82) is 0 Å². The lowest BCUT2D eigenvalue weighted by molar-refractivity contribution is 1.33. The fourth-order valence-corrected chi connectivity index (χ4v) is 12.4. The highest BCUT2D eigenvalue weighted by molar-refractivity contribution is 6.99. The van der Waals surface area contributed by atoms with Gasteiger partial charge in [-0.25, -0.2) is 0 Å². The van der Waals surface area contributed by atoms with Crippen molar-refractivity contribution in [2.45, 2.75) is 46.2 Å². The molecule has 0 aromatic heterocycles. The van der Waals surface area contributed by atoms with Crippen LogP contribution in [0.2, 0.25) is 39.3 Å². The van der Waals surface area contributed by atoms with Crippen LogP contribution in [0.25, 0.3) is 0 Å². The second kappa shape index (κ2) is 4.37. The lowest BCUT2D eigenvalue weighted by Gasteiger charge is -2.46. The molecule has 0 aliphatic rings. The van der Waals surface area contributed by atoms with Crippen LogP contribution in [0.5, 0.6) is 0 Å². The van der Waals surface area contributed by atoms with Crippen LogP contribution >= 0.6 is 0 Å². The third-order valence-corrected chi connectivity index (χ3v) is 9.83. The minimum atomic E-state index is -1.29. The number of benzene rings is 1. The molecule has 0 spiro atoms. The Kier molecular flexibility index (Phi) is 3.70. The quantitative estimate of drug-likeness (QED) is 0.716. The fraction of sp³-hybridized carbons (Fsp3) is 0.538. The van der Waals surface area contributed by atoms with Crippen molar-refractivity contribution in [1.82, 2.24) is 0 Å². The van der Waals surface area contributed by atoms with E-state index in [2.05, 4.69) is 74.7 Å². The molecule has 0 aliphatic heterocycles. The summed E-state index contributed by atoms with van der Waals surface area (Å²) in [4.78, 5) is 0. The zero-order valence-corrected chi connectivity index (χ0v) is 13.8. The van der Waals surface area contributed by atoms with Crippen LogP contribution in [0.3, 0.4) is 0 Å². The third kappa shape index (κ3) is 3.22. The van der Waals surface area contributed by atoms with Gasteiger partial charge in [0.05, 0.1) is 0 Å². The Morgan fingerprint density at radius 2 is 1.38 bits per heavy atom. The molecule has 0 amide bonds. The summed E-state index contributed by atoms with van der Waals surface area (Å²) in [6.07, 6.45) is 0. The predicted octanol–water partition coefficient (Wildman–Crippen LogP) is 4.47. The smallest absolute Gasteiger partial charge is 0.138 e. The van der Waals surface area contributed by atoms with Gasteiger partial charge in [-0.3, -0.25) is 0 Å². The molecule has 0 aliphatic carbocycles. The van der Waals surface area contributed by atoms with Gasteiger partial charge in [-0.05, 0) is 24.6 Å². The van der Waals surface area contributed by atoms with Gasteiger partial charge in [-0.2, -0.15) is 0 Å². The molecule has 90 valence electrons. The molecule has 1 rings (SSSR count). The average molecular weight is 252 g/mol. The Balaban J connectivity index is 3.23.